The van der Waals surface area contributed by atoms with Crippen molar-refractivity contribution in [2.75, 3.05) is 16.8 Å². The van der Waals surface area contributed by atoms with Gasteiger partial charge in [-0.1, -0.05) is 94.8 Å². The smallest absolute Gasteiger partial charge is 0.277 e. The van der Waals surface area contributed by atoms with Crippen LogP contribution in [0.2, 0.25) is 0 Å². The Morgan fingerprint density at radius 3 is 1.20 bits per heavy atom. The van der Waals surface area contributed by atoms with Crippen LogP contribution >= 0.6 is 146 Å². The van der Waals surface area contributed by atoms with Gasteiger partial charge in [-0.15, -0.1) is 34.0 Å². The molecule has 0 fully saturated rings. The van der Waals surface area contributed by atoms with Crippen LogP contribution in [0.15, 0.2) is 245 Å². The van der Waals surface area contributed by atoms with Crippen LogP contribution in [-0.2, 0) is 0 Å². The standard InChI is InChI=1S/C22H17N3S.C14H15N.C8H5BrN2OS.C8H3BrN2S.C8H10BrN.C6H3Br2NO.C6H6O.C5H3Br2N.BHO/c1-14-8-17(16-6-4-3-5-7-16)9-15(2)22(14)25-20-12-24-13-21-19(20)10-18(11-23)26-21;1-10-8-13(9-11(2)14(10)15)12-6-4-3-5-7-12;9-5-2-11-3-7-4(5)1-6(13-7)8(10)12;9-7-3-11-4-8-6(7)1-5(2-10)12-8;1-5-3-7(9)4-6(2)8(5)10;7-5-1-9-2-6(8)4(5)3-10;7-6-4-2-1-3-5-6;6-4-1-5(7)3-8-2-4;1-2/h3-10,12-13,25H,1-2H3;3-9H,15H2,1-2H3;1-3H,(H2,10,12);1,3-4H;3-4H,10H2,1-2H3;1-3H;1-5,7H;1-3H;2H. The van der Waals surface area contributed by atoms with E-state index in [0.29, 0.717) is 30.0 Å². The van der Waals surface area contributed by atoms with Gasteiger partial charge in [-0.25, -0.2) is 0 Å². The number of primary amides is 1. The lowest BCUT2D eigenvalue weighted by Crippen LogP contribution is -2.07. The maximum atomic E-state index is 10.9. The second-order valence-corrected chi connectivity index (χ2v) is 31.1. The summed E-state index contributed by atoms with van der Waals surface area (Å²) in [5, 5.41) is 39.6. The molecule has 0 spiro atoms. The maximum Gasteiger partial charge on any atom is 0.277 e. The quantitative estimate of drug-likeness (QED) is 0.0513. The number of thiophene rings is 3. The number of carbonyl (C=O) groups excluding carboxylic acids is 2. The number of carbonyl (C=O) groups is 2. The number of halogens is 7. The first-order valence-electron chi connectivity index (χ1n) is 30.3. The van der Waals surface area contributed by atoms with Crippen molar-refractivity contribution in [3.63, 3.8) is 0 Å². The molecule has 0 unspecified atom stereocenters. The first-order valence-corrected chi connectivity index (χ1v) is 38.3. The zero-order valence-corrected chi connectivity index (χ0v) is 69.4. The minimum Gasteiger partial charge on any atom is -0.508 e. The number of anilines is 4. The van der Waals surface area contributed by atoms with Crippen LogP contribution in [0.3, 0.4) is 0 Å². The molecule has 0 bridgehead atoms. The third-order valence-corrected chi connectivity index (χ3v) is 21.2. The topological polar surface area (TPSA) is 277 Å². The third-order valence-electron chi connectivity index (χ3n) is 14.3. The van der Waals surface area contributed by atoms with Gasteiger partial charge < -0.3 is 32.6 Å². The third kappa shape index (κ3) is 25.5. The molecule has 0 aliphatic carbocycles. The minimum atomic E-state index is -0.395. The lowest BCUT2D eigenvalue weighted by atomic mass is 9.98. The summed E-state index contributed by atoms with van der Waals surface area (Å²) >= 11 is 27.3. The monoisotopic (exact) mass is 1860 g/mol. The Kier molecular flexibility index (Phi) is 34.4. The number of hydrogen-bond acceptors (Lipinski definition) is 17. The fraction of sp³-hybridized carbons (Fsp3) is 0.0779. The summed E-state index contributed by atoms with van der Waals surface area (Å²) in [6, 6.07) is 54.0. The molecule has 14 rings (SSSR count). The van der Waals surface area contributed by atoms with Gasteiger partial charge in [0.1, 0.15) is 27.6 Å². The van der Waals surface area contributed by atoms with Crippen LogP contribution < -0.4 is 22.5 Å². The number of nitrogen functional groups attached to an aromatic ring is 2. The molecule has 0 saturated carbocycles. The number of phenolic OH excluding ortho intramolecular Hbond substituents is 1. The number of pyridine rings is 5. The molecule has 8 heterocycles. The highest BCUT2D eigenvalue weighted by Crippen LogP contribution is 2.37. The molecule has 0 saturated heterocycles. The Labute approximate surface area is 669 Å². The van der Waals surface area contributed by atoms with Gasteiger partial charge in [-0.05, 0) is 266 Å². The molecular weight excluding hydrogens is 1810 g/mol. The van der Waals surface area contributed by atoms with Crippen LogP contribution in [-0.4, -0.2) is 55.3 Å². The maximum absolute atomic E-state index is 10.9. The van der Waals surface area contributed by atoms with Crippen LogP contribution in [0.1, 0.15) is 63.2 Å². The molecule has 2 radical (unpaired) electrons. The van der Waals surface area contributed by atoms with Crippen molar-refractivity contribution in [1.29, 1.82) is 10.5 Å². The van der Waals surface area contributed by atoms with Gasteiger partial charge in [0.2, 0.25) is 0 Å². The zero-order valence-electron chi connectivity index (χ0n) is 55.8. The first kappa shape index (κ1) is 83.6. The van der Waals surface area contributed by atoms with Crippen molar-refractivity contribution < 1.29 is 19.7 Å². The van der Waals surface area contributed by atoms with Crippen LogP contribution in [0.5, 0.6) is 5.75 Å². The summed E-state index contributed by atoms with van der Waals surface area (Å²) in [5.41, 5.74) is 33.0. The second kappa shape index (κ2) is 42.4. The highest BCUT2D eigenvalue weighted by molar-refractivity contribution is 9.11. The van der Waals surface area contributed by atoms with Gasteiger partial charge in [-0.3, -0.25) is 34.5 Å². The summed E-state index contributed by atoms with van der Waals surface area (Å²) < 4.78 is 9.34. The number of rotatable bonds is 6. The van der Waals surface area contributed by atoms with Crippen molar-refractivity contribution in [1.82, 2.24) is 24.9 Å². The number of aromatic nitrogens is 5. The van der Waals surface area contributed by atoms with Crippen LogP contribution in [0.4, 0.5) is 22.7 Å². The van der Waals surface area contributed by atoms with E-state index in [1.165, 1.54) is 67.4 Å². The predicted octanol–water partition coefficient (Wildman–Crippen LogP) is 23.0. The molecule has 6 aromatic carbocycles. The minimum absolute atomic E-state index is 0.322. The molecule has 0 atom stereocenters. The Balaban J connectivity index is 0.000000191. The summed E-state index contributed by atoms with van der Waals surface area (Å²) in [6.45, 7) is 12.3. The number of aldehydes is 1. The fourth-order valence-electron chi connectivity index (χ4n) is 9.28. The Bertz CT molecular complexity index is 5150. The van der Waals surface area contributed by atoms with E-state index in [2.05, 4.69) is 262 Å². The van der Waals surface area contributed by atoms with Gasteiger partial charge in [0.05, 0.1) is 30.9 Å². The summed E-state index contributed by atoms with van der Waals surface area (Å²) in [6.07, 6.45) is 18.0. The summed E-state index contributed by atoms with van der Waals surface area (Å²) in [4.78, 5) is 43.3. The SMILES string of the molecule is Brc1cncc(Br)c1.Cc1cc(-c2ccccc2)cc(C)c1N.Cc1cc(-c2ccccc2)cc(C)c1Nc1cncc2sc(C#N)cc12.Cc1cc(Br)cc(C)c1N.N#Cc1cc2c(Br)cncc2s1.NC(=O)c1cc2c(Br)cncc2s1.O=Cc1c(Br)cncc1Br.Oc1ccccc1.[B]O. The number of nitrogens with one attached hydrogen (secondary N) is 1. The normalized spacial score (nSPS) is 9.90. The fourth-order valence-corrected chi connectivity index (χ4v) is 15.9. The number of aryl methyl sites for hydroxylation is 6. The van der Waals surface area contributed by atoms with E-state index in [4.69, 9.17) is 37.9 Å². The first-order chi connectivity index (χ1) is 49.4. The van der Waals surface area contributed by atoms with E-state index in [1.54, 1.807) is 79.9 Å². The molecular formula is C77H63BBr7N11O4S3. The van der Waals surface area contributed by atoms with Crippen LogP contribution in [0, 0.1) is 64.2 Å². The number of benzene rings is 6. The molecule has 1 amide bonds. The average molecular weight is 1870 g/mol. The van der Waals surface area contributed by atoms with E-state index < -0.39 is 5.91 Å². The number of amides is 1. The van der Waals surface area contributed by atoms with Crippen molar-refractivity contribution in [3.8, 4) is 40.1 Å². The van der Waals surface area contributed by atoms with E-state index in [1.807, 2.05) is 74.8 Å². The highest BCUT2D eigenvalue weighted by Gasteiger charge is 2.13. The van der Waals surface area contributed by atoms with E-state index in [-0.39, 0.29) is 0 Å². The van der Waals surface area contributed by atoms with Gasteiger partial charge >= 0.3 is 0 Å². The number of aromatic hydroxyl groups is 1. The molecule has 14 aromatic rings. The number of hydrogen-bond donors (Lipinski definition) is 6. The Morgan fingerprint density at radius 2 is 0.825 bits per heavy atom. The molecule has 0 aliphatic rings. The number of fused-ring (bicyclic) bond motifs is 3. The Hall–Kier alpha value is -8.35. The number of nitrogens with two attached hydrogens (primary N) is 3. The van der Waals surface area contributed by atoms with Gasteiger partial charge in [0, 0.05) is 126 Å². The molecule has 9 N–H and O–H groups in total. The Morgan fingerprint density at radius 1 is 0.456 bits per heavy atom. The van der Waals surface area contributed by atoms with Crippen LogP contribution in [0.25, 0.3) is 52.5 Å². The average Bonchev–Trinajstić information content (AvgIpc) is 1.73. The molecule has 26 heteroatoms. The lowest BCUT2D eigenvalue weighted by molar-refractivity contribution is 0.100. The second-order valence-electron chi connectivity index (χ2n) is 21.7. The van der Waals surface area contributed by atoms with Gasteiger partial charge in [0.15, 0.2) is 6.29 Å². The zero-order chi connectivity index (χ0) is 75.3. The molecule has 103 heavy (non-hydrogen) atoms. The summed E-state index contributed by atoms with van der Waals surface area (Å²) in [5.74, 6) is -0.0735. The van der Waals surface area contributed by atoms with Gasteiger partial charge in [0.25, 0.3) is 14.0 Å². The van der Waals surface area contributed by atoms with Crippen molar-refractivity contribution in [2.45, 2.75) is 41.5 Å². The van der Waals surface area contributed by atoms with E-state index in [0.717, 1.165) is 109 Å². The van der Waals surface area contributed by atoms with Gasteiger partial charge in [-0.2, -0.15) is 10.5 Å². The predicted molar refractivity (Wildman–Crippen MR) is 451 cm³/mol. The van der Waals surface area contributed by atoms with Crippen molar-refractivity contribution in [2.24, 2.45) is 5.73 Å². The molecule has 0 aliphatic heterocycles. The molecule has 520 valence electrons. The van der Waals surface area contributed by atoms with Crippen molar-refractivity contribution in [3.05, 3.63) is 299 Å². The number of phenols is 1. The van der Waals surface area contributed by atoms with Crippen molar-refractivity contribution >= 4 is 219 Å². The molecule has 15 nitrogen and oxygen atoms in total. The van der Waals surface area contributed by atoms with E-state index >= 15 is 0 Å². The number of para-hydroxylation sites is 1. The largest absolute Gasteiger partial charge is 0.508 e. The number of nitriles is 2. The lowest BCUT2D eigenvalue weighted by Gasteiger charge is -2.15. The highest BCUT2D eigenvalue weighted by atomic mass is 79.9. The summed E-state index contributed by atoms with van der Waals surface area (Å²) in [7, 11) is 3.50. The van der Waals surface area contributed by atoms with E-state index in [9.17, 15) is 9.59 Å². The number of nitrogens with zero attached hydrogens (tertiary/aromatic N) is 7. The molecule has 8 aromatic heterocycles.